The zero-order valence-electron chi connectivity index (χ0n) is 13.0. The van der Waals surface area contributed by atoms with Crippen LogP contribution in [-0.2, 0) is 17.8 Å². The minimum atomic E-state index is 0.394. The summed E-state index contributed by atoms with van der Waals surface area (Å²) in [5.74, 6) is 0.917. The zero-order chi connectivity index (χ0) is 15.2. The van der Waals surface area contributed by atoms with Gasteiger partial charge in [-0.25, -0.2) is 4.98 Å². The largest absolute Gasteiger partial charge is 0.492 e. The first-order chi connectivity index (χ1) is 10.8. The van der Waals surface area contributed by atoms with Crippen LogP contribution in [-0.4, -0.2) is 47.4 Å². The van der Waals surface area contributed by atoms with Crippen LogP contribution in [0.3, 0.4) is 0 Å². The lowest BCUT2D eigenvalue weighted by atomic mass is 10.2. The number of ether oxygens (including phenoxy) is 2. The van der Waals surface area contributed by atoms with Crippen LogP contribution >= 0.6 is 0 Å². The quantitative estimate of drug-likeness (QED) is 0.786. The Balaban J connectivity index is 1.44. The normalized spacial score (nSPS) is 18.7. The highest BCUT2D eigenvalue weighted by Gasteiger charge is 2.21. The maximum absolute atomic E-state index is 5.76. The minimum absolute atomic E-state index is 0.394. The fourth-order valence-electron chi connectivity index (χ4n) is 2.77. The van der Waals surface area contributed by atoms with Crippen molar-refractivity contribution in [1.29, 1.82) is 0 Å². The summed E-state index contributed by atoms with van der Waals surface area (Å²) < 4.78 is 13.2. The predicted molar refractivity (Wildman–Crippen MR) is 84.9 cm³/mol. The van der Waals surface area contributed by atoms with Gasteiger partial charge in [0.05, 0.1) is 19.0 Å². The fraction of sp³-hybridized carbons (Fsp3) is 0.471. The van der Waals surface area contributed by atoms with E-state index < -0.39 is 0 Å². The summed E-state index contributed by atoms with van der Waals surface area (Å²) in [5, 5.41) is 0. The first-order valence-electron chi connectivity index (χ1n) is 7.76. The lowest BCUT2D eigenvalue weighted by Crippen LogP contribution is -2.22. The maximum atomic E-state index is 5.76. The van der Waals surface area contributed by atoms with Gasteiger partial charge in [0, 0.05) is 39.1 Å². The molecule has 0 unspecified atom stereocenters. The lowest BCUT2D eigenvalue weighted by molar-refractivity contribution is 0.107. The number of benzene rings is 1. The van der Waals surface area contributed by atoms with E-state index in [0.29, 0.717) is 12.7 Å². The highest BCUT2D eigenvalue weighted by Crippen LogP contribution is 2.17. The van der Waals surface area contributed by atoms with Gasteiger partial charge in [0.2, 0.25) is 0 Å². The number of hydrogen-bond acceptors (Lipinski definition) is 4. The Morgan fingerprint density at radius 3 is 2.82 bits per heavy atom. The van der Waals surface area contributed by atoms with Crippen LogP contribution in [0.5, 0.6) is 5.75 Å². The number of likely N-dealkylation sites (tertiary alicyclic amines) is 1. The number of hydrogen-bond donors (Lipinski definition) is 0. The molecule has 2 heterocycles. The van der Waals surface area contributed by atoms with E-state index in [4.69, 9.17) is 9.47 Å². The third-order valence-electron chi connectivity index (χ3n) is 4.07. The van der Waals surface area contributed by atoms with E-state index >= 15 is 0 Å². The molecule has 0 spiro atoms. The topological polar surface area (TPSA) is 39.5 Å². The van der Waals surface area contributed by atoms with E-state index in [0.717, 1.165) is 38.3 Å². The highest BCUT2D eigenvalue weighted by atomic mass is 16.5. The molecule has 1 saturated heterocycles. The van der Waals surface area contributed by atoms with E-state index in [1.54, 1.807) is 19.6 Å². The molecule has 1 aromatic heterocycles. The SMILES string of the molecule is CO[C@@H]1CCN(Cc2ccc(OCCn3ccnc3)cc2)C1. The Labute approximate surface area is 131 Å². The molecular weight excluding hydrogens is 278 g/mol. The molecule has 1 aliphatic rings. The van der Waals surface area contributed by atoms with Gasteiger partial charge in [-0.3, -0.25) is 4.90 Å². The maximum Gasteiger partial charge on any atom is 0.119 e. The summed E-state index contributed by atoms with van der Waals surface area (Å²) in [6, 6.07) is 8.39. The summed E-state index contributed by atoms with van der Waals surface area (Å²) in [4.78, 5) is 6.45. The van der Waals surface area contributed by atoms with Crippen LogP contribution < -0.4 is 4.74 Å². The minimum Gasteiger partial charge on any atom is -0.492 e. The van der Waals surface area contributed by atoms with Crippen molar-refractivity contribution in [2.75, 3.05) is 26.8 Å². The molecule has 1 aromatic carbocycles. The summed E-state index contributed by atoms with van der Waals surface area (Å²) in [6.45, 7) is 4.59. The molecule has 0 radical (unpaired) electrons. The number of nitrogens with zero attached hydrogens (tertiary/aromatic N) is 3. The molecule has 3 rings (SSSR count). The first kappa shape index (κ1) is 15.1. The molecule has 2 aromatic rings. The van der Waals surface area contributed by atoms with Crippen molar-refractivity contribution < 1.29 is 9.47 Å². The van der Waals surface area contributed by atoms with Crippen LogP contribution in [0.4, 0.5) is 0 Å². The molecule has 0 aliphatic carbocycles. The molecule has 22 heavy (non-hydrogen) atoms. The number of methoxy groups -OCH3 is 1. The number of aromatic nitrogens is 2. The van der Waals surface area contributed by atoms with Crippen LogP contribution in [0.1, 0.15) is 12.0 Å². The van der Waals surface area contributed by atoms with Gasteiger partial charge in [0.25, 0.3) is 0 Å². The van der Waals surface area contributed by atoms with Crippen molar-refractivity contribution in [1.82, 2.24) is 14.5 Å². The second-order valence-corrected chi connectivity index (χ2v) is 5.67. The van der Waals surface area contributed by atoms with Gasteiger partial charge in [-0.05, 0) is 24.1 Å². The van der Waals surface area contributed by atoms with E-state index in [9.17, 15) is 0 Å². The van der Waals surface area contributed by atoms with Crippen molar-refractivity contribution >= 4 is 0 Å². The van der Waals surface area contributed by atoms with E-state index in [1.807, 2.05) is 22.9 Å². The standard InChI is InChI=1S/C17H23N3O2/c1-21-17-6-8-20(13-17)12-15-2-4-16(5-3-15)22-11-10-19-9-7-18-14-19/h2-5,7,9,14,17H,6,8,10-13H2,1H3/t17-/m1/s1. The Kier molecular flexibility index (Phi) is 5.08. The third-order valence-corrected chi connectivity index (χ3v) is 4.07. The van der Waals surface area contributed by atoms with Crippen molar-refractivity contribution in [2.24, 2.45) is 0 Å². The third kappa shape index (κ3) is 4.08. The van der Waals surface area contributed by atoms with Gasteiger partial charge < -0.3 is 14.0 Å². The lowest BCUT2D eigenvalue weighted by Gasteiger charge is -2.16. The van der Waals surface area contributed by atoms with Crippen molar-refractivity contribution in [3.05, 3.63) is 48.5 Å². The van der Waals surface area contributed by atoms with Crippen LogP contribution in [0, 0.1) is 0 Å². The summed E-state index contributed by atoms with van der Waals surface area (Å²) in [6.07, 6.45) is 7.05. The van der Waals surface area contributed by atoms with Gasteiger partial charge in [-0.2, -0.15) is 0 Å². The molecular formula is C17H23N3O2. The van der Waals surface area contributed by atoms with Crippen LogP contribution in [0.15, 0.2) is 43.0 Å². The summed E-state index contributed by atoms with van der Waals surface area (Å²) in [7, 11) is 1.80. The smallest absolute Gasteiger partial charge is 0.119 e. The Bertz CT molecular complexity index is 554. The van der Waals surface area contributed by atoms with Crippen LogP contribution in [0.25, 0.3) is 0 Å². The van der Waals surface area contributed by atoms with Crippen LogP contribution in [0.2, 0.25) is 0 Å². The van der Waals surface area contributed by atoms with E-state index in [-0.39, 0.29) is 0 Å². The molecule has 5 nitrogen and oxygen atoms in total. The summed E-state index contributed by atoms with van der Waals surface area (Å²) in [5.41, 5.74) is 1.32. The molecule has 0 bridgehead atoms. The average molecular weight is 301 g/mol. The monoisotopic (exact) mass is 301 g/mol. The van der Waals surface area contributed by atoms with Crippen molar-refractivity contribution in [3.8, 4) is 5.75 Å². The molecule has 0 N–H and O–H groups in total. The molecule has 5 heteroatoms. The second-order valence-electron chi connectivity index (χ2n) is 5.67. The van der Waals surface area contributed by atoms with Gasteiger partial charge >= 0.3 is 0 Å². The molecule has 1 fully saturated rings. The second kappa shape index (κ2) is 7.42. The Morgan fingerprint density at radius 2 is 2.14 bits per heavy atom. The number of rotatable bonds is 7. The predicted octanol–water partition coefficient (Wildman–Crippen LogP) is 2.18. The molecule has 0 amide bonds. The Morgan fingerprint density at radius 1 is 1.27 bits per heavy atom. The fourth-order valence-corrected chi connectivity index (χ4v) is 2.77. The first-order valence-corrected chi connectivity index (χ1v) is 7.76. The molecule has 118 valence electrons. The molecule has 1 atom stereocenters. The van der Waals surface area contributed by atoms with E-state index in [2.05, 4.69) is 22.0 Å². The van der Waals surface area contributed by atoms with Gasteiger partial charge in [-0.15, -0.1) is 0 Å². The molecule has 1 aliphatic heterocycles. The highest BCUT2D eigenvalue weighted by molar-refractivity contribution is 5.27. The van der Waals surface area contributed by atoms with Gasteiger partial charge in [-0.1, -0.05) is 12.1 Å². The zero-order valence-corrected chi connectivity index (χ0v) is 13.0. The number of imidazole rings is 1. The van der Waals surface area contributed by atoms with Gasteiger partial charge in [0.1, 0.15) is 12.4 Å². The summed E-state index contributed by atoms with van der Waals surface area (Å²) >= 11 is 0. The van der Waals surface area contributed by atoms with E-state index in [1.165, 1.54) is 5.56 Å². The van der Waals surface area contributed by atoms with Crippen molar-refractivity contribution in [2.45, 2.75) is 25.6 Å². The van der Waals surface area contributed by atoms with Crippen molar-refractivity contribution in [3.63, 3.8) is 0 Å². The average Bonchev–Trinajstić information content (AvgIpc) is 3.20. The molecule has 0 saturated carbocycles. The van der Waals surface area contributed by atoms with Gasteiger partial charge in [0.15, 0.2) is 0 Å². The Hall–Kier alpha value is -1.85.